The Morgan fingerprint density at radius 2 is 1.72 bits per heavy atom. The Balaban J connectivity index is -0.000000750. The molecule has 1 fully saturated rings. The average molecular weight is 650 g/mol. The van der Waals surface area contributed by atoms with Gasteiger partial charge in [0.2, 0.25) is 0 Å². The van der Waals surface area contributed by atoms with Gasteiger partial charge in [-0.05, 0) is 32.9 Å². The largest absolute Gasteiger partial charge is 2.00 e. The van der Waals surface area contributed by atoms with Crippen molar-refractivity contribution in [3.8, 4) is 0 Å². The first kappa shape index (κ1) is 24.6. The van der Waals surface area contributed by atoms with E-state index in [-0.39, 0.29) is 59.6 Å². The third-order valence-electron chi connectivity index (χ3n) is 3.22. The van der Waals surface area contributed by atoms with Crippen LogP contribution in [0.3, 0.4) is 0 Å². The molecule has 0 N–H and O–H groups in total. The van der Waals surface area contributed by atoms with Crippen molar-refractivity contribution in [1.82, 2.24) is 4.90 Å². The molecule has 0 atom stereocenters. The molecular formula is C13H28N2OUW. The molecule has 0 aromatic rings. The number of ether oxygens (including phenoxy) is 1. The quantitative estimate of drug-likeness (QED) is 0.327. The van der Waals surface area contributed by atoms with Gasteiger partial charge in [-0.25, -0.2) is 0 Å². The van der Waals surface area contributed by atoms with Gasteiger partial charge >= 0.3 is 21.1 Å². The number of likely N-dealkylation sites (N-methyl/N-ethyl adjacent to an activating group) is 1. The van der Waals surface area contributed by atoms with Crippen molar-refractivity contribution in [2.45, 2.75) is 31.7 Å². The summed E-state index contributed by atoms with van der Waals surface area (Å²) < 4.78 is 5.68. The first-order chi connectivity index (χ1) is 7.22. The van der Waals surface area contributed by atoms with Crippen LogP contribution in [0.15, 0.2) is 0 Å². The smallest absolute Gasteiger partial charge is 0.662 e. The van der Waals surface area contributed by atoms with Crippen molar-refractivity contribution in [2.24, 2.45) is 5.92 Å². The van der Waals surface area contributed by atoms with Gasteiger partial charge in [-0.3, -0.25) is 0 Å². The Hall–Kier alpha value is 1.62. The number of hydrogen-bond donors (Lipinski definition) is 0. The summed E-state index contributed by atoms with van der Waals surface area (Å²) in [6.45, 7) is 2.84. The Bertz CT molecular complexity index is 165. The van der Waals surface area contributed by atoms with Crippen molar-refractivity contribution in [3.05, 3.63) is 12.7 Å². The molecule has 3 nitrogen and oxygen atoms in total. The third-order valence-corrected chi connectivity index (χ3v) is 3.22. The number of rotatable bonds is 6. The van der Waals surface area contributed by atoms with Gasteiger partial charge in [0.05, 0.1) is 6.61 Å². The molecule has 0 saturated heterocycles. The molecule has 0 aliphatic heterocycles. The molecule has 1 rings (SSSR count). The molecule has 1 aliphatic carbocycles. The van der Waals surface area contributed by atoms with E-state index in [2.05, 4.69) is 24.3 Å². The summed E-state index contributed by atoms with van der Waals surface area (Å²) in [5.74, 6) is 0.783. The van der Waals surface area contributed by atoms with Crippen LogP contribution in [-0.4, -0.2) is 51.8 Å². The fourth-order valence-corrected chi connectivity index (χ4v) is 2.07. The van der Waals surface area contributed by atoms with E-state index in [9.17, 15) is 0 Å². The summed E-state index contributed by atoms with van der Waals surface area (Å²) in [6, 6.07) is 0.628. The molecule has 1 aliphatic rings. The summed E-state index contributed by atoms with van der Waals surface area (Å²) in [5.41, 5.74) is 0. The van der Waals surface area contributed by atoms with Crippen molar-refractivity contribution in [1.29, 1.82) is 0 Å². The van der Waals surface area contributed by atoms with Crippen LogP contribution in [0.5, 0.6) is 0 Å². The van der Waals surface area contributed by atoms with Gasteiger partial charge in [0, 0.05) is 44.3 Å². The maximum atomic E-state index is 5.68. The van der Waals surface area contributed by atoms with Crippen LogP contribution < -0.4 is 0 Å². The van der Waals surface area contributed by atoms with Crippen molar-refractivity contribution >= 4 is 0 Å². The second-order valence-electron chi connectivity index (χ2n) is 4.81. The van der Waals surface area contributed by atoms with E-state index < -0.39 is 0 Å². The van der Waals surface area contributed by atoms with E-state index in [1.165, 1.54) is 25.7 Å². The number of hydrogen-bond acceptors (Lipinski definition) is 2. The van der Waals surface area contributed by atoms with Crippen LogP contribution in [0.4, 0.5) is 0 Å². The van der Waals surface area contributed by atoms with Crippen LogP contribution >= 0.6 is 0 Å². The topological polar surface area (TPSA) is 26.6 Å². The van der Waals surface area contributed by atoms with Gasteiger partial charge in [0.15, 0.2) is 0 Å². The van der Waals surface area contributed by atoms with Crippen LogP contribution in [0.25, 0.3) is 5.32 Å². The summed E-state index contributed by atoms with van der Waals surface area (Å²) in [6.07, 6.45) is 5.12. The van der Waals surface area contributed by atoms with Crippen LogP contribution in [0.2, 0.25) is 0 Å². The molecule has 18 heavy (non-hydrogen) atoms. The van der Waals surface area contributed by atoms with E-state index in [1.807, 2.05) is 7.05 Å². The van der Waals surface area contributed by atoms with E-state index in [4.69, 9.17) is 4.74 Å². The maximum absolute atomic E-state index is 5.68. The maximum Gasteiger partial charge on any atom is 2.00 e. The second kappa shape index (κ2) is 15.0. The summed E-state index contributed by atoms with van der Waals surface area (Å²) in [7, 11) is 6.10. The molecule has 0 aromatic heterocycles. The predicted molar refractivity (Wildman–Crippen MR) is 70.8 cm³/mol. The molecule has 0 unspecified atom stereocenters. The molecule has 106 valence electrons. The number of nitrogens with zero attached hydrogens (tertiary/aromatic N) is 2. The van der Waals surface area contributed by atoms with Crippen LogP contribution in [0.1, 0.15) is 25.7 Å². The van der Waals surface area contributed by atoms with Gasteiger partial charge in [-0.1, -0.05) is 12.8 Å². The van der Waals surface area contributed by atoms with Crippen molar-refractivity contribution < 1.29 is 56.9 Å². The zero-order chi connectivity index (χ0) is 11.1. The van der Waals surface area contributed by atoms with Gasteiger partial charge in [-0.15, -0.1) is 6.04 Å². The van der Waals surface area contributed by atoms with Gasteiger partial charge in [0.1, 0.15) is 0 Å². The predicted octanol–water partition coefficient (Wildman–Crippen LogP) is 2.57. The van der Waals surface area contributed by atoms with E-state index in [1.54, 1.807) is 0 Å². The monoisotopic (exact) mass is 650 g/mol. The van der Waals surface area contributed by atoms with Crippen molar-refractivity contribution in [2.75, 3.05) is 40.9 Å². The Morgan fingerprint density at radius 3 is 2.17 bits per heavy atom. The summed E-state index contributed by atoms with van der Waals surface area (Å²) in [5, 5.41) is 4.35. The molecule has 0 aromatic carbocycles. The minimum Gasteiger partial charge on any atom is -0.662 e. The molecule has 0 amide bonds. The molecule has 1 saturated carbocycles. The van der Waals surface area contributed by atoms with E-state index >= 15 is 0 Å². The van der Waals surface area contributed by atoms with E-state index in [0.29, 0.717) is 6.04 Å². The SMILES string of the molecule is C[N-]C1CCC(COCCN(C)C)CC1.[CH3-].[U].[W+2]. The minimum absolute atomic E-state index is 0. The zero-order valence-electron chi connectivity index (χ0n) is 12.3. The fourth-order valence-electron chi connectivity index (χ4n) is 2.07. The Morgan fingerprint density at radius 1 is 1.17 bits per heavy atom. The van der Waals surface area contributed by atoms with E-state index in [0.717, 1.165) is 25.7 Å². The standard InChI is InChI=1S/C12H25N2O.CH3.U.W/c1-13-12-6-4-11(5-7-12)10-15-9-8-14(2)3;;;/h11-12H,4-10H2,1-3H3;1H3;;/q2*-1;;+2. The van der Waals surface area contributed by atoms with Gasteiger partial charge in [0.25, 0.3) is 0 Å². The summed E-state index contributed by atoms with van der Waals surface area (Å²) >= 11 is 0. The fraction of sp³-hybridized carbons (Fsp3) is 0.923. The normalized spacial score (nSPS) is 22.7. The molecule has 5 heteroatoms. The molecule has 0 bridgehead atoms. The molecular weight excluding hydrogens is 622 g/mol. The third kappa shape index (κ3) is 11.4. The molecule has 0 heterocycles. The van der Waals surface area contributed by atoms with Crippen LogP contribution in [-0.2, 0) is 25.8 Å². The minimum atomic E-state index is 0. The van der Waals surface area contributed by atoms with Gasteiger partial charge in [-0.2, -0.15) is 7.05 Å². The van der Waals surface area contributed by atoms with Gasteiger partial charge < -0.3 is 22.4 Å². The molecule has 0 spiro atoms. The Kier molecular flexibility index (Phi) is 20.5. The van der Waals surface area contributed by atoms with Crippen molar-refractivity contribution in [3.63, 3.8) is 0 Å². The molecule has 0 radical (unpaired) electrons. The van der Waals surface area contributed by atoms with Crippen LogP contribution in [0, 0.1) is 44.5 Å². The first-order valence-corrected chi connectivity index (χ1v) is 6.03. The average Bonchev–Trinajstić information content (AvgIpc) is 2.25. The zero-order valence-corrected chi connectivity index (χ0v) is 19.4. The first-order valence-electron chi connectivity index (χ1n) is 6.03. The Labute approximate surface area is 152 Å². The summed E-state index contributed by atoms with van der Waals surface area (Å²) in [4.78, 5) is 2.16. The second-order valence-corrected chi connectivity index (χ2v) is 4.81.